The van der Waals surface area contributed by atoms with Gasteiger partial charge in [-0.1, -0.05) is 19.1 Å². The van der Waals surface area contributed by atoms with Crippen LogP contribution in [0.15, 0.2) is 47.4 Å². The molecule has 0 aliphatic carbocycles. The van der Waals surface area contributed by atoms with Gasteiger partial charge in [-0.05, 0) is 54.7 Å². The summed E-state index contributed by atoms with van der Waals surface area (Å²) in [6.07, 6.45) is 1.64. The highest BCUT2D eigenvalue weighted by Gasteiger charge is 2.29. The lowest BCUT2D eigenvalue weighted by atomic mass is 10.0. The predicted molar refractivity (Wildman–Crippen MR) is 108 cm³/mol. The van der Waals surface area contributed by atoms with Crippen molar-refractivity contribution in [2.75, 3.05) is 20.2 Å². The van der Waals surface area contributed by atoms with Crippen molar-refractivity contribution >= 4 is 15.9 Å². The number of hydrogen-bond acceptors (Lipinski definition) is 4. The van der Waals surface area contributed by atoms with Crippen LogP contribution >= 0.6 is 0 Å². The second-order valence-corrected chi connectivity index (χ2v) is 9.20. The van der Waals surface area contributed by atoms with Gasteiger partial charge in [-0.2, -0.15) is 4.31 Å². The van der Waals surface area contributed by atoms with Gasteiger partial charge in [0.05, 0.1) is 17.6 Å². The third kappa shape index (κ3) is 4.94. The Hall–Kier alpha value is -2.45. The molecule has 0 spiro atoms. The van der Waals surface area contributed by atoms with Crippen molar-refractivity contribution in [3.05, 3.63) is 59.4 Å². The van der Waals surface area contributed by atoms with E-state index in [0.29, 0.717) is 19.0 Å². The zero-order chi connectivity index (χ0) is 21.0. The predicted octanol–water partition coefficient (Wildman–Crippen LogP) is 3.18. The number of ether oxygens (including phenoxy) is 1. The zero-order valence-electron chi connectivity index (χ0n) is 16.5. The van der Waals surface area contributed by atoms with Gasteiger partial charge in [-0.25, -0.2) is 12.8 Å². The molecule has 3 rings (SSSR count). The first kappa shape index (κ1) is 21.3. The molecular weight excluding hydrogens is 395 g/mol. The normalized spacial score (nSPS) is 15.8. The molecule has 2 aromatic rings. The third-order valence-corrected chi connectivity index (χ3v) is 7.06. The van der Waals surface area contributed by atoms with E-state index in [9.17, 15) is 17.6 Å². The van der Waals surface area contributed by atoms with Crippen molar-refractivity contribution in [3.8, 4) is 5.75 Å². The zero-order valence-corrected chi connectivity index (χ0v) is 17.3. The first-order chi connectivity index (χ1) is 13.8. The maximum absolute atomic E-state index is 13.0. The molecule has 8 heteroatoms. The first-order valence-electron chi connectivity index (χ1n) is 9.52. The minimum atomic E-state index is -3.68. The van der Waals surface area contributed by atoms with E-state index in [-0.39, 0.29) is 28.6 Å². The quantitative estimate of drug-likeness (QED) is 0.779. The van der Waals surface area contributed by atoms with E-state index >= 15 is 0 Å². The van der Waals surface area contributed by atoms with Crippen LogP contribution in [-0.2, 0) is 16.6 Å². The Balaban J connectivity index is 1.80. The Morgan fingerprint density at radius 3 is 2.45 bits per heavy atom. The van der Waals surface area contributed by atoms with E-state index in [0.717, 1.165) is 18.4 Å². The van der Waals surface area contributed by atoms with Gasteiger partial charge in [0.15, 0.2) is 0 Å². The highest BCUT2D eigenvalue weighted by molar-refractivity contribution is 7.89. The lowest BCUT2D eigenvalue weighted by Gasteiger charge is -2.29. The second kappa shape index (κ2) is 8.92. The molecule has 1 aliphatic rings. The molecule has 1 heterocycles. The van der Waals surface area contributed by atoms with Crippen molar-refractivity contribution in [2.24, 2.45) is 5.92 Å². The molecule has 1 fully saturated rings. The Kier molecular flexibility index (Phi) is 6.54. The van der Waals surface area contributed by atoms with Gasteiger partial charge in [0.25, 0.3) is 5.91 Å². The summed E-state index contributed by atoms with van der Waals surface area (Å²) in [6, 6.07) is 10.1. The minimum absolute atomic E-state index is 0.0692. The maximum Gasteiger partial charge on any atom is 0.255 e. The topological polar surface area (TPSA) is 75.7 Å². The number of nitrogens with one attached hydrogen (secondary N) is 1. The molecule has 0 aromatic heterocycles. The Morgan fingerprint density at radius 2 is 1.83 bits per heavy atom. The molecule has 0 saturated carbocycles. The lowest BCUT2D eigenvalue weighted by molar-refractivity contribution is 0.0947. The average Bonchev–Trinajstić information content (AvgIpc) is 2.73. The molecule has 1 amide bonds. The maximum atomic E-state index is 13.0. The number of sulfonamides is 1. The molecule has 0 atom stereocenters. The van der Waals surface area contributed by atoms with Gasteiger partial charge in [-0.3, -0.25) is 4.79 Å². The summed E-state index contributed by atoms with van der Waals surface area (Å²) in [4.78, 5) is 12.8. The first-order valence-corrected chi connectivity index (χ1v) is 11.0. The number of methoxy groups -OCH3 is 1. The largest absolute Gasteiger partial charge is 0.496 e. The van der Waals surface area contributed by atoms with E-state index in [1.54, 1.807) is 12.1 Å². The van der Waals surface area contributed by atoms with Crippen LogP contribution in [0.1, 0.15) is 35.7 Å². The van der Waals surface area contributed by atoms with Gasteiger partial charge in [-0.15, -0.1) is 0 Å². The highest BCUT2D eigenvalue weighted by atomic mass is 32.2. The third-order valence-electron chi connectivity index (χ3n) is 5.16. The molecule has 1 aliphatic heterocycles. The van der Waals surface area contributed by atoms with Crippen molar-refractivity contribution < 1.29 is 22.3 Å². The Morgan fingerprint density at radius 1 is 1.17 bits per heavy atom. The molecule has 29 heavy (non-hydrogen) atoms. The molecular formula is C21H25FN2O4S. The number of carbonyl (C=O) groups excluding carboxylic acids is 1. The van der Waals surface area contributed by atoms with Crippen molar-refractivity contribution in [1.82, 2.24) is 9.62 Å². The SMILES string of the molecule is COc1ccc(S(=O)(=O)N2CCC(C)CC2)cc1C(=O)NCc1ccc(F)cc1. The van der Waals surface area contributed by atoms with Gasteiger partial charge in [0.2, 0.25) is 10.0 Å². The van der Waals surface area contributed by atoms with Gasteiger partial charge in [0, 0.05) is 19.6 Å². The summed E-state index contributed by atoms with van der Waals surface area (Å²) in [5.41, 5.74) is 0.867. The van der Waals surface area contributed by atoms with Crippen LogP contribution < -0.4 is 10.1 Å². The number of nitrogens with zero attached hydrogens (tertiary/aromatic N) is 1. The summed E-state index contributed by atoms with van der Waals surface area (Å²) in [5, 5.41) is 2.72. The Labute approximate surface area is 170 Å². The van der Waals surface area contributed by atoms with Crippen molar-refractivity contribution in [1.29, 1.82) is 0 Å². The molecule has 0 bridgehead atoms. The van der Waals surface area contributed by atoms with E-state index in [2.05, 4.69) is 12.2 Å². The summed E-state index contributed by atoms with van der Waals surface area (Å²) in [6.45, 7) is 3.24. The monoisotopic (exact) mass is 420 g/mol. The molecule has 0 unspecified atom stereocenters. The summed E-state index contributed by atoms with van der Waals surface area (Å²) >= 11 is 0. The van der Waals surface area contributed by atoms with E-state index in [1.165, 1.54) is 41.7 Å². The number of piperidine rings is 1. The summed E-state index contributed by atoms with van der Waals surface area (Å²) in [7, 11) is -2.26. The second-order valence-electron chi connectivity index (χ2n) is 7.26. The molecule has 6 nitrogen and oxygen atoms in total. The summed E-state index contributed by atoms with van der Waals surface area (Å²) in [5.74, 6) is -0.0276. The van der Waals surface area contributed by atoms with Crippen LogP contribution in [0, 0.1) is 11.7 Å². The van der Waals surface area contributed by atoms with E-state index in [1.807, 2.05) is 0 Å². The number of carbonyl (C=O) groups is 1. The lowest BCUT2D eigenvalue weighted by Crippen LogP contribution is -2.38. The fourth-order valence-corrected chi connectivity index (χ4v) is 4.78. The number of benzene rings is 2. The van der Waals surface area contributed by atoms with Crippen LogP contribution in [0.3, 0.4) is 0 Å². The highest BCUT2D eigenvalue weighted by Crippen LogP contribution is 2.27. The van der Waals surface area contributed by atoms with Crippen LogP contribution in [0.4, 0.5) is 4.39 Å². The van der Waals surface area contributed by atoms with Crippen LogP contribution in [-0.4, -0.2) is 38.8 Å². The number of amides is 1. The van der Waals surface area contributed by atoms with Gasteiger partial charge >= 0.3 is 0 Å². The molecule has 1 N–H and O–H groups in total. The number of hydrogen-bond donors (Lipinski definition) is 1. The van der Waals surface area contributed by atoms with Crippen molar-refractivity contribution in [2.45, 2.75) is 31.2 Å². The van der Waals surface area contributed by atoms with Gasteiger partial charge < -0.3 is 10.1 Å². The number of rotatable bonds is 6. The standard InChI is InChI=1S/C21H25FN2O4S/c1-15-9-11-24(12-10-15)29(26,27)18-7-8-20(28-2)19(13-18)21(25)23-14-16-3-5-17(22)6-4-16/h3-8,13,15H,9-12,14H2,1-2H3,(H,23,25). The van der Waals surface area contributed by atoms with Crippen LogP contribution in [0.2, 0.25) is 0 Å². The number of halogens is 1. The van der Waals surface area contributed by atoms with E-state index in [4.69, 9.17) is 4.74 Å². The van der Waals surface area contributed by atoms with E-state index < -0.39 is 15.9 Å². The molecule has 2 aromatic carbocycles. The molecule has 156 valence electrons. The minimum Gasteiger partial charge on any atom is -0.496 e. The fourth-order valence-electron chi connectivity index (χ4n) is 3.28. The average molecular weight is 421 g/mol. The van der Waals surface area contributed by atoms with Crippen LogP contribution in [0.25, 0.3) is 0 Å². The Bertz CT molecular complexity index is 969. The summed E-state index contributed by atoms with van der Waals surface area (Å²) < 4.78 is 45.7. The fraction of sp³-hybridized carbons (Fsp3) is 0.381. The van der Waals surface area contributed by atoms with Crippen LogP contribution in [0.5, 0.6) is 5.75 Å². The molecule has 0 radical (unpaired) electrons. The smallest absolute Gasteiger partial charge is 0.255 e. The van der Waals surface area contributed by atoms with Crippen molar-refractivity contribution in [3.63, 3.8) is 0 Å². The molecule has 1 saturated heterocycles. The van der Waals surface area contributed by atoms with Gasteiger partial charge in [0.1, 0.15) is 11.6 Å².